The van der Waals surface area contributed by atoms with Crippen LogP contribution in [0, 0.1) is 11.7 Å². The fraction of sp³-hybridized carbons (Fsp3) is 0.300. The number of hydrogen-bond acceptors (Lipinski definition) is 3. The summed E-state index contributed by atoms with van der Waals surface area (Å²) in [4.78, 5) is 16.8. The SMILES string of the molecule is O=C(Nc1ccc2oc(-c3ccc(F)cc3)nc2c1)C1CCCCC1. The van der Waals surface area contributed by atoms with Gasteiger partial charge in [0.15, 0.2) is 5.58 Å². The maximum atomic E-state index is 13.0. The van der Waals surface area contributed by atoms with Crippen molar-refractivity contribution < 1.29 is 13.6 Å². The third-order valence-corrected chi connectivity index (χ3v) is 4.72. The Kier molecular flexibility index (Phi) is 4.22. The van der Waals surface area contributed by atoms with Crippen molar-refractivity contribution in [1.82, 2.24) is 4.98 Å². The number of benzene rings is 2. The van der Waals surface area contributed by atoms with Gasteiger partial charge >= 0.3 is 0 Å². The zero-order chi connectivity index (χ0) is 17.2. The number of anilines is 1. The standard InChI is InChI=1S/C20H19FN2O2/c21-15-8-6-14(7-9-15)20-23-17-12-16(10-11-18(17)25-20)22-19(24)13-4-2-1-3-5-13/h6-13H,1-5H2,(H,22,24). The molecule has 1 aromatic heterocycles. The summed E-state index contributed by atoms with van der Waals surface area (Å²) in [6.07, 6.45) is 5.41. The van der Waals surface area contributed by atoms with E-state index < -0.39 is 0 Å². The highest BCUT2D eigenvalue weighted by molar-refractivity contribution is 5.94. The Labute approximate surface area is 145 Å². The molecule has 1 N–H and O–H groups in total. The van der Waals surface area contributed by atoms with Gasteiger partial charge in [-0.05, 0) is 55.3 Å². The largest absolute Gasteiger partial charge is 0.436 e. The summed E-state index contributed by atoms with van der Waals surface area (Å²) in [5, 5.41) is 2.99. The van der Waals surface area contributed by atoms with Gasteiger partial charge in [-0.1, -0.05) is 19.3 Å². The van der Waals surface area contributed by atoms with Crippen molar-refractivity contribution in [3.8, 4) is 11.5 Å². The lowest BCUT2D eigenvalue weighted by molar-refractivity contribution is -0.120. The molecule has 1 amide bonds. The molecule has 3 aromatic rings. The number of carbonyl (C=O) groups excluding carboxylic acids is 1. The van der Waals surface area contributed by atoms with Crippen LogP contribution < -0.4 is 5.32 Å². The average Bonchev–Trinajstić information content (AvgIpc) is 3.06. The third kappa shape index (κ3) is 3.40. The molecule has 0 saturated heterocycles. The molecule has 1 aliphatic carbocycles. The van der Waals surface area contributed by atoms with Crippen LogP contribution in [0.1, 0.15) is 32.1 Å². The predicted octanol–water partition coefficient (Wildman–Crippen LogP) is 5.15. The molecule has 4 nitrogen and oxygen atoms in total. The van der Waals surface area contributed by atoms with Crippen molar-refractivity contribution in [2.45, 2.75) is 32.1 Å². The number of carbonyl (C=O) groups is 1. The molecule has 0 spiro atoms. The van der Waals surface area contributed by atoms with Gasteiger partial charge < -0.3 is 9.73 Å². The van der Waals surface area contributed by atoms with Gasteiger partial charge in [-0.15, -0.1) is 0 Å². The summed E-state index contributed by atoms with van der Waals surface area (Å²) in [5.74, 6) is 0.330. The van der Waals surface area contributed by atoms with Gasteiger partial charge in [-0.2, -0.15) is 0 Å². The first-order valence-electron chi connectivity index (χ1n) is 8.66. The van der Waals surface area contributed by atoms with Crippen LogP contribution in [0.4, 0.5) is 10.1 Å². The molecular weight excluding hydrogens is 319 g/mol. The van der Waals surface area contributed by atoms with Crippen LogP contribution in [0.15, 0.2) is 46.9 Å². The lowest BCUT2D eigenvalue weighted by atomic mass is 9.88. The molecule has 0 aliphatic heterocycles. The number of amides is 1. The summed E-state index contributed by atoms with van der Waals surface area (Å²) >= 11 is 0. The van der Waals surface area contributed by atoms with Gasteiger partial charge in [-0.25, -0.2) is 9.37 Å². The first-order chi connectivity index (χ1) is 12.2. The first kappa shape index (κ1) is 15.8. The third-order valence-electron chi connectivity index (χ3n) is 4.72. The van der Waals surface area contributed by atoms with E-state index in [4.69, 9.17) is 4.42 Å². The van der Waals surface area contributed by atoms with E-state index in [-0.39, 0.29) is 17.6 Å². The van der Waals surface area contributed by atoms with E-state index in [0.717, 1.165) is 31.4 Å². The lowest BCUT2D eigenvalue weighted by Gasteiger charge is -2.20. The van der Waals surface area contributed by atoms with E-state index in [9.17, 15) is 9.18 Å². The monoisotopic (exact) mass is 338 g/mol. The van der Waals surface area contributed by atoms with Crippen LogP contribution in [0.25, 0.3) is 22.6 Å². The number of halogens is 1. The van der Waals surface area contributed by atoms with Gasteiger partial charge in [-0.3, -0.25) is 4.79 Å². The minimum Gasteiger partial charge on any atom is -0.436 e. The minimum atomic E-state index is -0.299. The van der Waals surface area contributed by atoms with Crippen molar-refractivity contribution >= 4 is 22.7 Å². The summed E-state index contributed by atoms with van der Waals surface area (Å²) in [6.45, 7) is 0. The number of rotatable bonds is 3. The van der Waals surface area contributed by atoms with Crippen molar-refractivity contribution in [3.05, 3.63) is 48.3 Å². The molecule has 5 heteroatoms. The average molecular weight is 338 g/mol. The molecule has 0 radical (unpaired) electrons. The fourth-order valence-corrected chi connectivity index (χ4v) is 3.33. The van der Waals surface area contributed by atoms with Crippen LogP contribution in [0.3, 0.4) is 0 Å². The molecule has 0 unspecified atom stereocenters. The molecule has 25 heavy (non-hydrogen) atoms. The molecule has 1 heterocycles. The van der Waals surface area contributed by atoms with Gasteiger partial charge in [0.1, 0.15) is 11.3 Å². The fourth-order valence-electron chi connectivity index (χ4n) is 3.33. The quantitative estimate of drug-likeness (QED) is 0.718. The number of nitrogens with one attached hydrogen (secondary N) is 1. The molecule has 1 aliphatic rings. The Morgan fingerprint density at radius 2 is 1.84 bits per heavy atom. The van der Waals surface area contributed by atoms with Gasteiger partial charge in [0, 0.05) is 17.2 Å². The second kappa shape index (κ2) is 6.67. The summed E-state index contributed by atoms with van der Waals surface area (Å²) in [6, 6.07) is 11.4. The number of nitrogens with zero attached hydrogens (tertiary/aromatic N) is 1. The topological polar surface area (TPSA) is 55.1 Å². The Morgan fingerprint density at radius 1 is 1.08 bits per heavy atom. The Bertz CT molecular complexity index is 896. The number of oxazole rings is 1. The molecule has 1 saturated carbocycles. The van der Waals surface area contributed by atoms with E-state index in [1.165, 1.54) is 18.6 Å². The molecule has 128 valence electrons. The number of aromatic nitrogens is 1. The highest BCUT2D eigenvalue weighted by Gasteiger charge is 2.21. The van der Waals surface area contributed by atoms with Crippen LogP contribution in [0.5, 0.6) is 0 Å². The lowest BCUT2D eigenvalue weighted by Crippen LogP contribution is -2.24. The van der Waals surface area contributed by atoms with Crippen LogP contribution in [-0.4, -0.2) is 10.9 Å². The number of hydrogen-bond donors (Lipinski definition) is 1. The molecular formula is C20H19FN2O2. The molecule has 2 aromatic carbocycles. The van der Waals surface area contributed by atoms with Crippen LogP contribution >= 0.6 is 0 Å². The molecule has 0 bridgehead atoms. The second-order valence-electron chi connectivity index (χ2n) is 6.53. The molecule has 1 fully saturated rings. The second-order valence-corrected chi connectivity index (χ2v) is 6.53. The normalized spacial score (nSPS) is 15.4. The van der Waals surface area contributed by atoms with Gasteiger partial charge in [0.2, 0.25) is 11.8 Å². The van der Waals surface area contributed by atoms with Crippen LogP contribution in [-0.2, 0) is 4.79 Å². The van der Waals surface area contributed by atoms with Gasteiger partial charge in [0.25, 0.3) is 0 Å². The highest BCUT2D eigenvalue weighted by atomic mass is 19.1. The van der Waals surface area contributed by atoms with Crippen molar-refractivity contribution in [2.75, 3.05) is 5.32 Å². The van der Waals surface area contributed by atoms with Crippen molar-refractivity contribution in [3.63, 3.8) is 0 Å². The van der Waals surface area contributed by atoms with E-state index in [2.05, 4.69) is 10.3 Å². The maximum Gasteiger partial charge on any atom is 0.227 e. The minimum absolute atomic E-state index is 0.0845. The Morgan fingerprint density at radius 3 is 2.60 bits per heavy atom. The van der Waals surface area contributed by atoms with Crippen molar-refractivity contribution in [2.24, 2.45) is 5.92 Å². The van der Waals surface area contributed by atoms with E-state index in [1.807, 2.05) is 12.1 Å². The van der Waals surface area contributed by atoms with Crippen molar-refractivity contribution in [1.29, 1.82) is 0 Å². The van der Waals surface area contributed by atoms with E-state index >= 15 is 0 Å². The zero-order valence-electron chi connectivity index (χ0n) is 13.8. The summed E-state index contributed by atoms with van der Waals surface area (Å²) < 4.78 is 18.8. The first-order valence-corrected chi connectivity index (χ1v) is 8.66. The zero-order valence-corrected chi connectivity index (χ0v) is 13.8. The Hall–Kier alpha value is -2.69. The molecule has 4 rings (SSSR count). The van der Waals surface area contributed by atoms with E-state index in [1.54, 1.807) is 18.2 Å². The summed E-state index contributed by atoms with van der Waals surface area (Å²) in [7, 11) is 0. The Balaban J connectivity index is 1.55. The van der Waals surface area contributed by atoms with E-state index in [0.29, 0.717) is 22.6 Å². The van der Waals surface area contributed by atoms with Gasteiger partial charge in [0.05, 0.1) is 0 Å². The molecule has 0 atom stereocenters. The van der Waals surface area contributed by atoms with Crippen LogP contribution in [0.2, 0.25) is 0 Å². The summed E-state index contributed by atoms with van der Waals surface area (Å²) in [5.41, 5.74) is 2.74. The maximum absolute atomic E-state index is 13.0. The smallest absolute Gasteiger partial charge is 0.227 e. The highest BCUT2D eigenvalue weighted by Crippen LogP contribution is 2.28. The number of fused-ring (bicyclic) bond motifs is 1. The predicted molar refractivity (Wildman–Crippen MR) is 94.6 cm³/mol.